The van der Waals surface area contributed by atoms with E-state index < -0.39 is 28.5 Å². The molecule has 0 aliphatic carbocycles. The van der Waals surface area contributed by atoms with Gasteiger partial charge in [0.2, 0.25) is 10.0 Å². The van der Waals surface area contributed by atoms with E-state index in [1.54, 1.807) is 37.3 Å². The van der Waals surface area contributed by atoms with Crippen LogP contribution in [-0.4, -0.2) is 58.5 Å². The Morgan fingerprint density at radius 1 is 1.03 bits per heavy atom. The van der Waals surface area contributed by atoms with Crippen LogP contribution in [0.4, 0.5) is 5.69 Å². The van der Waals surface area contributed by atoms with Crippen molar-refractivity contribution in [1.82, 2.24) is 4.31 Å². The topological polar surface area (TPSA) is 111 Å². The van der Waals surface area contributed by atoms with Gasteiger partial charge in [-0.25, -0.2) is 17.5 Å². The first kappa shape index (κ1) is 28.9. The Morgan fingerprint density at radius 2 is 1.78 bits per heavy atom. The molecule has 0 unspecified atom stereocenters. The van der Waals surface area contributed by atoms with E-state index in [1.807, 2.05) is 6.92 Å². The van der Waals surface area contributed by atoms with Crippen molar-refractivity contribution in [3.05, 3.63) is 53.6 Å². The van der Waals surface area contributed by atoms with Gasteiger partial charge in [-0.15, -0.1) is 0 Å². The standard InChI is InChI=1S/C26H34N2O7S/c1-6-8-15-34-23-13-10-20(16-24(23)33-7-2)11-14-26(30)35-18-25(29)27-22-17-21(12-9-19(22)3)36(31,32)28(4)5/h9-14,16-17H,6-8,15,18H2,1-5H3,(H,27,29)/b14-11+. The summed E-state index contributed by atoms with van der Waals surface area (Å²) in [6.07, 6.45) is 4.73. The van der Waals surface area contributed by atoms with Crippen LogP contribution < -0.4 is 14.8 Å². The third-order valence-corrected chi connectivity index (χ3v) is 6.85. The number of hydrogen-bond acceptors (Lipinski definition) is 7. The number of hydrogen-bond donors (Lipinski definition) is 1. The summed E-state index contributed by atoms with van der Waals surface area (Å²) in [7, 11) is -0.808. The fraction of sp³-hybridized carbons (Fsp3) is 0.385. The Morgan fingerprint density at radius 3 is 2.44 bits per heavy atom. The summed E-state index contributed by atoms with van der Waals surface area (Å²) < 4.78 is 42.2. The molecule has 0 bridgehead atoms. The molecule has 36 heavy (non-hydrogen) atoms. The molecule has 0 atom stereocenters. The highest BCUT2D eigenvalue weighted by Crippen LogP contribution is 2.29. The number of sulfonamides is 1. The van der Waals surface area contributed by atoms with E-state index in [0.717, 1.165) is 17.1 Å². The smallest absolute Gasteiger partial charge is 0.331 e. The number of ether oxygens (including phenoxy) is 3. The Bertz CT molecular complexity index is 1190. The van der Waals surface area contributed by atoms with Crippen LogP contribution in [0, 0.1) is 6.92 Å². The van der Waals surface area contributed by atoms with Gasteiger partial charge in [0.15, 0.2) is 18.1 Å². The quantitative estimate of drug-likeness (QED) is 0.242. The molecule has 10 heteroatoms. The highest BCUT2D eigenvalue weighted by molar-refractivity contribution is 7.89. The molecule has 0 saturated heterocycles. The van der Waals surface area contributed by atoms with Crippen LogP contribution in [-0.2, 0) is 24.3 Å². The zero-order chi connectivity index (χ0) is 26.7. The number of esters is 1. The number of nitrogens with zero attached hydrogens (tertiary/aromatic N) is 1. The summed E-state index contributed by atoms with van der Waals surface area (Å²) in [6.45, 7) is 6.22. The maximum absolute atomic E-state index is 12.3. The summed E-state index contributed by atoms with van der Waals surface area (Å²) >= 11 is 0. The van der Waals surface area contributed by atoms with Crippen molar-refractivity contribution in [3.63, 3.8) is 0 Å². The van der Waals surface area contributed by atoms with E-state index in [9.17, 15) is 18.0 Å². The second-order valence-electron chi connectivity index (χ2n) is 8.09. The first-order chi connectivity index (χ1) is 17.1. The number of benzene rings is 2. The predicted molar refractivity (Wildman–Crippen MR) is 139 cm³/mol. The molecule has 0 aromatic heterocycles. The van der Waals surface area contributed by atoms with Crippen molar-refractivity contribution in [1.29, 1.82) is 0 Å². The lowest BCUT2D eigenvalue weighted by Crippen LogP contribution is -2.23. The molecule has 2 aromatic rings. The molecule has 0 spiro atoms. The maximum atomic E-state index is 12.3. The van der Waals surface area contributed by atoms with Crippen LogP contribution in [0.1, 0.15) is 37.8 Å². The lowest BCUT2D eigenvalue weighted by Gasteiger charge is -2.14. The van der Waals surface area contributed by atoms with E-state index >= 15 is 0 Å². The number of rotatable bonds is 13. The summed E-state index contributed by atoms with van der Waals surface area (Å²) in [5.41, 5.74) is 1.69. The molecule has 1 amide bonds. The van der Waals surface area contributed by atoms with Crippen LogP contribution in [0.5, 0.6) is 11.5 Å². The molecule has 0 fully saturated rings. The summed E-state index contributed by atoms with van der Waals surface area (Å²) in [5.74, 6) is -0.0738. The molecule has 1 N–H and O–H groups in total. The van der Waals surface area contributed by atoms with Crippen molar-refractivity contribution in [2.45, 2.75) is 38.5 Å². The largest absolute Gasteiger partial charge is 0.490 e. The van der Waals surface area contributed by atoms with Crippen LogP contribution in [0.3, 0.4) is 0 Å². The normalized spacial score (nSPS) is 11.5. The highest BCUT2D eigenvalue weighted by Gasteiger charge is 2.19. The summed E-state index contributed by atoms with van der Waals surface area (Å²) in [6, 6.07) is 9.77. The van der Waals surface area contributed by atoms with Crippen molar-refractivity contribution in [3.8, 4) is 11.5 Å². The molecule has 0 saturated carbocycles. The molecule has 0 heterocycles. The molecule has 0 aliphatic heterocycles. The summed E-state index contributed by atoms with van der Waals surface area (Å²) in [4.78, 5) is 24.5. The average molecular weight is 519 g/mol. The predicted octanol–water partition coefficient (Wildman–Crippen LogP) is 4.02. The minimum atomic E-state index is -3.66. The second-order valence-corrected chi connectivity index (χ2v) is 10.2. The third-order valence-electron chi connectivity index (χ3n) is 5.04. The molecule has 0 radical (unpaired) electrons. The van der Waals surface area contributed by atoms with Crippen molar-refractivity contribution < 1.29 is 32.2 Å². The van der Waals surface area contributed by atoms with E-state index in [0.29, 0.717) is 41.5 Å². The number of anilines is 1. The van der Waals surface area contributed by atoms with Gasteiger partial charge >= 0.3 is 5.97 Å². The maximum Gasteiger partial charge on any atom is 0.331 e. The lowest BCUT2D eigenvalue weighted by atomic mass is 10.2. The SMILES string of the molecule is CCCCOc1ccc(/C=C/C(=O)OCC(=O)Nc2cc(S(=O)(=O)N(C)C)ccc2C)cc1OCC. The molecular weight excluding hydrogens is 484 g/mol. The van der Waals surface area contributed by atoms with Crippen LogP contribution in [0.2, 0.25) is 0 Å². The molecule has 2 aromatic carbocycles. The Hall–Kier alpha value is -3.37. The van der Waals surface area contributed by atoms with Crippen LogP contribution in [0.25, 0.3) is 6.08 Å². The van der Waals surface area contributed by atoms with Gasteiger partial charge in [0.05, 0.1) is 18.1 Å². The minimum absolute atomic E-state index is 0.0431. The number of amides is 1. The Balaban J connectivity index is 1.97. The first-order valence-electron chi connectivity index (χ1n) is 11.7. The van der Waals surface area contributed by atoms with Gasteiger partial charge in [0.1, 0.15) is 0 Å². The molecule has 0 aliphatic rings. The van der Waals surface area contributed by atoms with E-state index in [4.69, 9.17) is 14.2 Å². The second kappa shape index (κ2) is 13.6. The van der Waals surface area contributed by atoms with E-state index in [-0.39, 0.29) is 4.90 Å². The molecule has 196 valence electrons. The van der Waals surface area contributed by atoms with Crippen molar-refractivity contribution in [2.75, 3.05) is 39.2 Å². The van der Waals surface area contributed by atoms with Gasteiger partial charge in [-0.2, -0.15) is 0 Å². The van der Waals surface area contributed by atoms with E-state index in [1.165, 1.54) is 32.3 Å². The van der Waals surface area contributed by atoms with Crippen LogP contribution in [0.15, 0.2) is 47.4 Å². The van der Waals surface area contributed by atoms with Gasteiger partial charge < -0.3 is 19.5 Å². The molecule has 2 rings (SSSR count). The number of unbranched alkanes of at least 4 members (excludes halogenated alkanes) is 1. The highest BCUT2D eigenvalue weighted by atomic mass is 32.2. The van der Waals surface area contributed by atoms with Crippen molar-refractivity contribution >= 4 is 33.7 Å². The number of aryl methyl sites for hydroxylation is 1. The van der Waals surface area contributed by atoms with Crippen molar-refractivity contribution in [2.24, 2.45) is 0 Å². The van der Waals surface area contributed by atoms with E-state index in [2.05, 4.69) is 12.2 Å². The third kappa shape index (κ3) is 8.39. The monoisotopic (exact) mass is 518 g/mol. The zero-order valence-electron chi connectivity index (χ0n) is 21.4. The van der Waals surface area contributed by atoms with Crippen LogP contribution >= 0.6 is 0 Å². The number of carbonyl (C=O) groups excluding carboxylic acids is 2. The number of nitrogens with one attached hydrogen (secondary N) is 1. The molecule has 9 nitrogen and oxygen atoms in total. The fourth-order valence-electron chi connectivity index (χ4n) is 2.98. The summed E-state index contributed by atoms with van der Waals surface area (Å²) in [5, 5.41) is 2.59. The minimum Gasteiger partial charge on any atom is -0.490 e. The fourth-order valence-corrected chi connectivity index (χ4v) is 3.91. The zero-order valence-corrected chi connectivity index (χ0v) is 22.2. The van der Waals surface area contributed by atoms with Gasteiger partial charge in [0, 0.05) is 25.9 Å². The Kier molecular flexibility index (Phi) is 10.9. The Labute approximate surface area is 213 Å². The van der Waals surface area contributed by atoms with Gasteiger partial charge in [-0.05, 0) is 61.7 Å². The average Bonchev–Trinajstić information content (AvgIpc) is 2.84. The lowest BCUT2D eigenvalue weighted by molar-refractivity contribution is -0.142. The molecular formula is C26H34N2O7S. The number of carbonyl (C=O) groups is 2. The first-order valence-corrected chi connectivity index (χ1v) is 13.1. The van der Waals surface area contributed by atoms with Gasteiger partial charge in [-0.3, -0.25) is 4.79 Å². The van der Waals surface area contributed by atoms with Gasteiger partial charge in [0.25, 0.3) is 5.91 Å². The van der Waals surface area contributed by atoms with Gasteiger partial charge in [-0.1, -0.05) is 25.5 Å².